The summed E-state index contributed by atoms with van der Waals surface area (Å²) >= 11 is 0. The first-order valence-corrected chi connectivity index (χ1v) is 6.06. The number of rotatable bonds is 4. The summed E-state index contributed by atoms with van der Waals surface area (Å²) in [5.74, 6) is 1.07. The van der Waals surface area contributed by atoms with E-state index in [1.54, 1.807) is 24.3 Å². The average molecular weight is 299 g/mol. The van der Waals surface area contributed by atoms with E-state index in [0.29, 0.717) is 17.1 Å². The third-order valence-corrected chi connectivity index (χ3v) is 2.76. The summed E-state index contributed by atoms with van der Waals surface area (Å²) in [6.07, 6.45) is 1.40. The number of furan rings is 1. The molecule has 3 rings (SSSR count). The summed E-state index contributed by atoms with van der Waals surface area (Å²) in [6, 6.07) is 9.46. The quantitative estimate of drug-likeness (QED) is 0.435. The number of nitrogens with zero attached hydrogens (tertiary/aromatic N) is 6. The molecule has 0 amide bonds. The largest absolute Gasteiger partial charge is 0.455 e. The Balaban J connectivity index is 1.80. The van der Waals surface area contributed by atoms with Gasteiger partial charge in [-0.05, 0) is 34.7 Å². The Morgan fingerprint density at radius 2 is 2.05 bits per heavy atom. The van der Waals surface area contributed by atoms with Crippen molar-refractivity contribution in [1.82, 2.24) is 20.3 Å². The summed E-state index contributed by atoms with van der Waals surface area (Å²) in [6.45, 7) is 0. The van der Waals surface area contributed by atoms with Crippen molar-refractivity contribution in [1.29, 1.82) is 0 Å². The molecule has 1 aromatic carbocycles. The minimum absolute atomic E-state index is 0.0197. The molecular formula is C12H9N7O3. The third-order valence-electron chi connectivity index (χ3n) is 2.76. The molecule has 110 valence electrons. The molecule has 0 aliphatic heterocycles. The van der Waals surface area contributed by atoms with Gasteiger partial charge in [-0.2, -0.15) is 5.10 Å². The van der Waals surface area contributed by atoms with Crippen molar-refractivity contribution >= 4 is 17.9 Å². The summed E-state index contributed by atoms with van der Waals surface area (Å²) in [5, 5.41) is 24.9. The lowest BCUT2D eigenvalue weighted by Gasteiger charge is -1.96. The predicted octanol–water partition coefficient (Wildman–Crippen LogP) is 1.31. The van der Waals surface area contributed by atoms with Crippen molar-refractivity contribution < 1.29 is 9.34 Å². The number of nitrogen functional groups attached to an aromatic ring is 1. The first-order chi connectivity index (χ1) is 10.6. The molecule has 0 radical (unpaired) electrons. The van der Waals surface area contributed by atoms with Gasteiger partial charge in [0.05, 0.1) is 11.1 Å². The average Bonchev–Trinajstić information content (AvgIpc) is 3.14. The lowest BCUT2D eigenvalue weighted by Crippen LogP contribution is -1.99. The number of nitro groups is 1. The van der Waals surface area contributed by atoms with Crippen molar-refractivity contribution in [2.24, 2.45) is 5.10 Å². The van der Waals surface area contributed by atoms with E-state index in [0.717, 1.165) is 4.79 Å². The Morgan fingerprint density at radius 3 is 2.68 bits per heavy atom. The maximum atomic E-state index is 10.6. The Morgan fingerprint density at radius 1 is 1.27 bits per heavy atom. The number of nitro benzene ring substituents is 1. The fourth-order valence-corrected chi connectivity index (χ4v) is 1.71. The van der Waals surface area contributed by atoms with E-state index in [4.69, 9.17) is 10.2 Å². The van der Waals surface area contributed by atoms with Crippen LogP contribution in [0.5, 0.6) is 0 Å². The highest BCUT2D eigenvalue weighted by Gasteiger charge is 2.08. The van der Waals surface area contributed by atoms with Gasteiger partial charge in [-0.1, -0.05) is 9.89 Å². The van der Waals surface area contributed by atoms with Crippen molar-refractivity contribution in [2.75, 3.05) is 5.73 Å². The van der Waals surface area contributed by atoms with Crippen LogP contribution in [0.15, 0.2) is 45.9 Å². The van der Waals surface area contributed by atoms with Gasteiger partial charge in [0.25, 0.3) is 11.6 Å². The first kappa shape index (κ1) is 13.4. The monoisotopic (exact) mass is 299 g/mol. The molecule has 3 aromatic rings. The first-order valence-electron chi connectivity index (χ1n) is 6.06. The number of aromatic nitrogens is 4. The molecule has 0 aliphatic carbocycles. The van der Waals surface area contributed by atoms with Crippen LogP contribution >= 0.6 is 0 Å². The zero-order chi connectivity index (χ0) is 15.5. The third kappa shape index (κ3) is 2.65. The Bertz CT molecular complexity index is 835. The van der Waals surface area contributed by atoms with Crippen molar-refractivity contribution in [3.05, 3.63) is 52.3 Å². The highest BCUT2D eigenvalue weighted by molar-refractivity contribution is 5.77. The van der Waals surface area contributed by atoms with Crippen LogP contribution < -0.4 is 5.73 Å². The summed E-state index contributed by atoms with van der Waals surface area (Å²) in [4.78, 5) is 11.2. The Hall–Kier alpha value is -3.56. The number of tetrazole rings is 1. The van der Waals surface area contributed by atoms with E-state index in [2.05, 4.69) is 20.6 Å². The van der Waals surface area contributed by atoms with Gasteiger partial charge in [-0.3, -0.25) is 10.1 Å². The SMILES string of the molecule is Nc1nnnn1/N=C\c1ccc(-c2ccc([N+](=O)[O-])cc2)o1. The summed E-state index contributed by atoms with van der Waals surface area (Å²) in [7, 11) is 0. The van der Waals surface area contributed by atoms with Crippen molar-refractivity contribution in [2.45, 2.75) is 0 Å². The van der Waals surface area contributed by atoms with Crippen LogP contribution in [0, 0.1) is 10.1 Å². The standard InChI is InChI=1S/C12H9N7O3/c13-12-15-16-17-18(12)14-7-10-5-6-11(22-10)8-1-3-9(4-2-8)19(20)21/h1-7H,(H2,13,15,17)/b14-7-. The van der Waals surface area contributed by atoms with E-state index in [9.17, 15) is 10.1 Å². The van der Waals surface area contributed by atoms with E-state index in [-0.39, 0.29) is 11.6 Å². The molecule has 0 atom stereocenters. The van der Waals surface area contributed by atoms with Crippen LogP contribution in [0.2, 0.25) is 0 Å². The molecule has 0 saturated carbocycles. The predicted molar refractivity (Wildman–Crippen MR) is 76.0 cm³/mol. The maximum Gasteiger partial charge on any atom is 0.269 e. The lowest BCUT2D eigenvalue weighted by molar-refractivity contribution is -0.384. The van der Waals surface area contributed by atoms with Gasteiger partial charge in [0.15, 0.2) is 0 Å². The van der Waals surface area contributed by atoms with Crippen LogP contribution in [0.3, 0.4) is 0 Å². The number of non-ortho nitro benzene ring substituents is 1. The molecule has 2 aromatic heterocycles. The van der Waals surface area contributed by atoms with Gasteiger partial charge in [0, 0.05) is 17.7 Å². The minimum atomic E-state index is -0.458. The molecule has 0 spiro atoms. The van der Waals surface area contributed by atoms with Crippen LogP contribution in [0.25, 0.3) is 11.3 Å². The molecule has 2 N–H and O–H groups in total. The number of hydrogen-bond acceptors (Lipinski definition) is 8. The highest BCUT2D eigenvalue weighted by atomic mass is 16.6. The molecule has 0 aliphatic rings. The van der Waals surface area contributed by atoms with Gasteiger partial charge in [0.1, 0.15) is 11.5 Å². The second-order valence-electron chi connectivity index (χ2n) is 4.18. The summed E-state index contributed by atoms with van der Waals surface area (Å²) < 4.78 is 5.57. The van der Waals surface area contributed by atoms with Crippen molar-refractivity contribution in [3.63, 3.8) is 0 Å². The zero-order valence-electron chi connectivity index (χ0n) is 11.0. The molecule has 0 unspecified atom stereocenters. The topological polar surface area (TPSA) is 138 Å². The van der Waals surface area contributed by atoms with Crippen LogP contribution in [-0.2, 0) is 0 Å². The van der Waals surface area contributed by atoms with Crippen LogP contribution in [-0.4, -0.2) is 31.5 Å². The summed E-state index contributed by atoms with van der Waals surface area (Å²) in [5.41, 5.74) is 6.20. The molecular weight excluding hydrogens is 290 g/mol. The Kier molecular flexibility index (Phi) is 3.32. The fraction of sp³-hybridized carbons (Fsp3) is 0. The van der Waals surface area contributed by atoms with E-state index in [1.807, 2.05) is 0 Å². The van der Waals surface area contributed by atoms with Gasteiger partial charge >= 0.3 is 0 Å². The minimum Gasteiger partial charge on any atom is -0.455 e. The van der Waals surface area contributed by atoms with Gasteiger partial charge in [-0.15, -0.1) is 0 Å². The van der Waals surface area contributed by atoms with Gasteiger partial charge in [0.2, 0.25) is 0 Å². The molecule has 22 heavy (non-hydrogen) atoms. The van der Waals surface area contributed by atoms with E-state index < -0.39 is 4.92 Å². The Labute approximate surface area is 123 Å². The molecule has 0 fully saturated rings. The molecule has 10 heteroatoms. The highest BCUT2D eigenvalue weighted by Crippen LogP contribution is 2.24. The number of nitrogens with two attached hydrogens (primary N) is 1. The number of benzene rings is 1. The maximum absolute atomic E-state index is 10.6. The van der Waals surface area contributed by atoms with Gasteiger partial charge in [-0.25, -0.2) is 0 Å². The van der Waals surface area contributed by atoms with E-state index >= 15 is 0 Å². The van der Waals surface area contributed by atoms with E-state index in [1.165, 1.54) is 18.3 Å². The van der Waals surface area contributed by atoms with Crippen LogP contribution in [0.4, 0.5) is 11.6 Å². The lowest BCUT2D eigenvalue weighted by atomic mass is 10.1. The number of anilines is 1. The van der Waals surface area contributed by atoms with Crippen LogP contribution in [0.1, 0.15) is 5.76 Å². The zero-order valence-corrected chi connectivity index (χ0v) is 11.0. The molecule has 10 nitrogen and oxygen atoms in total. The van der Waals surface area contributed by atoms with Crippen molar-refractivity contribution in [3.8, 4) is 11.3 Å². The van der Waals surface area contributed by atoms with Gasteiger partial charge < -0.3 is 10.2 Å². The molecule has 2 heterocycles. The second kappa shape index (κ2) is 5.44. The normalized spacial score (nSPS) is 11.1. The molecule has 0 saturated heterocycles. The molecule has 0 bridgehead atoms. The second-order valence-corrected chi connectivity index (χ2v) is 4.18. The smallest absolute Gasteiger partial charge is 0.269 e. The fourth-order valence-electron chi connectivity index (χ4n) is 1.71. The number of hydrogen-bond donors (Lipinski definition) is 1.